The molecule has 61 valence electrons. The fourth-order valence-corrected chi connectivity index (χ4v) is 1.84. The molecule has 1 aromatic rings. The molecule has 0 unspecified atom stereocenters. The molecule has 0 atom stereocenters. The zero-order chi connectivity index (χ0) is 8.43. The average Bonchev–Trinajstić information content (AvgIpc) is 2.30. The standard InChI is InChI=1S/C7H10ClN2S/c1-5(2)10-7(11-3)6(8)4-9-10/h5H,1-3H3. The van der Waals surface area contributed by atoms with Gasteiger partial charge in [0.1, 0.15) is 16.2 Å². The SMILES string of the molecule is CSc1c(Cl)[c]nn1C(C)C. The number of thioether (sulfide) groups is 1. The largest absolute Gasteiger partial charge is 0.254 e. The summed E-state index contributed by atoms with van der Waals surface area (Å²) in [5, 5.41) is 5.63. The summed E-state index contributed by atoms with van der Waals surface area (Å²) in [7, 11) is 0. The number of aromatic nitrogens is 2. The van der Waals surface area contributed by atoms with Crippen LogP contribution in [0.1, 0.15) is 19.9 Å². The van der Waals surface area contributed by atoms with Crippen LogP contribution in [0.15, 0.2) is 5.03 Å². The summed E-state index contributed by atoms with van der Waals surface area (Å²) in [6.45, 7) is 4.13. The van der Waals surface area contributed by atoms with E-state index in [1.807, 2.05) is 10.9 Å². The van der Waals surface area contributed by atoms with Gasteiger partial charge in [-0.25, -0.2) is 0 Å². The Labute approximate surface area is 75.9 Å². The van der Waals surface area contributed by atoms with Crippen LogP contribution in [0.4, 0.5) is 0 Å². The Morgan fingerprint density at radius 2 is 2.27 bits per heavy atom. The molecule has 1 radical (unpaired) electrons. The van der Waals surface area contributed by atoms with Crippen LogP contribution < -0.4 is 0 Å². The molecule has 0 aliphatic rings. The van der Waals surface area contributed by atoms with E-state index in [2.05, 4.69) is 25.1 Å². The Balaban J connectivity index is 3.05. The summed E-state index contributed by atoms with van der Waals surface area (Å²) in [5.74, 6) is 0. The third-order valence-corrected chi connectivity index (χ3v) is 2.49. The van der Waals surface area contributed by atoms with Crippen molar-refractivity contribution < 1.29 is 0 Å². The zero-order valence-electron chi connectivity index (χ0n) is 6.76. The van der Waals surface area contributed by atoms with E-state index in [-0.39, 0.29) is 0 Å². The minimum absolute atomic E-state index is 0.348. The third-order valence-electron chi connectivity index (χ3n) is 1.33. The maximum Gasteiger partial charge on any atom is 0.134 e. The number of nitrogens with zero attached hydrogens (tertiary/aromatic N) is 2. The number of halogens is 1. The van der Waals surface area contributed by atoms with Crippen molar-refractivity contribution in [3.05, 3.63) is 11.2 Å². The van der Waals surface area contributed by atoms with Crippen molar-refractivity contribution in [3.63, 3.8) is 0 Å². The first-order valence-corrected chi connectivity index (χ1v) is 4.96. The van der Waals surface area contributed by atoms with Gasteiger partial charge in [-0.3, -0.25) is 4.68 Å². The lowest BCUT2D eigenvalue weighted by Gasteiger charge is -2.08. The van der Waals surface area contributed by atoms with Gasteiger partial charge in [0.25, 0.3) is 0 Å². The fourth-order valence-electron chi connectivity index (χ4n) is 0.825. The molecule has 0 N–H and O–H groups in total. The number of hydrogen-bond donors (Lipinski definition) is 0. The van der Waals surface area contributed by atoms with Gasteiger partial charge in [0.15, 0.2) is 0 Å². The van der Waals surface area contributed by atoms with E-state index in [1.54, 1.807) is 11.8 Å². The summed E-state index contributed by atoms with van der Waals surface area (Å²) in [6, 6.07) is 0.348. The first kappa shape index (κ1) is 8.94. The van der Waals surface area contributed by atoms with E-state index in [4.69, 9.17) is 11.6 Å². The van der Waals surface area contributed by atoms with Crippen LogP contribution in [0.2, 0.25) is 5.02 Å². The van der Waals surface area contributed by atoms with E-state index < -0.39 is 0 Å². The van der Waals surface area contributed by atoms with Crippen LogP contribution in [0, 0.1) is 6.20 Å². The van der Waals surface area contributed by atoms with Crippen molar-refractivity contribution >= 4 is 23.4 Å². The second-order valence-electron chi connectivity index (χ2n) is 2.47. The van der Waals surface area contributed by atoms with Gasteiger partial charge in [0, 0.05) is 6.04 Å². The van der Waals surface area contributed by atoms with Crippen LogP contribution in [-0.2, 0) is 0 Å². The molecule has 1 rings (SSSR count). The molecule has 0 saturated carbocycles. The smallest absolute Gasteiger partial charge is 0.134 e. The van der Waals surface area contributed by atoms with Crippen LogP contribution in [-0.4, -0.2) is 16.0 Å². The molecule has 0 aliphatic heterocycles. The molecule has 0 amide bonds. The molecule has 0 saturated heterocycles. The lowest BCUT2D eigenvalue weighted by Crippen LogP contribution is -2.03. The van der Waals surface area contributed by atoms with Crippen molar-refractivity contribution in [2.75, 3.05) is 6.26 Å². The Kier molecular flexibility index (Phi) is 2.84. The number of rotatable bonds is 2. The molecule has 11 heavy (non-hydrogen) atoms. The lowest BCUT2D eigenvalue weighted by atomic mass is 10.4. The first-order valence-electron chi connectivity index (χ1n) is 3.36. The second-order valence-corrected chi connectivity index (χ2v) is 3.65. The van der Waals surface area contributed by atoms with E-state index in [9.17, 15) is 0 Å². The summed E-state index contributed by atoms with van der Waals surface area (Å²) in [4.78, 5) is 0. The van der Waals surface area contributed by atoms with E-state index in [0.29, 0.717) is 11.1 Å². The molecule has 2 nitrogen and oxygen atoms in total. The van der Waals surface area contributed by atoms with Crippen molar-refractivity contribution in [1.29, 1.82) is 0 Å². The molecular weight excluding hydrogens is 180 g/mol. The molecule has 0 aliphatic carbocycles. The highest BCUT2D eigenvalue weighted by Crippen LogP contribution is 2.26. The van der Waals surface area contributed by atoms with Gasteiger partial charge in [-0.15, -0.1) is 11.8 Å². The molecule has 1 aromatic heterocycles. The lowest BCUT2D eigenvalue weighted by molar-refractivity contribution is 0.492. The quantitative estimate of drug-likeness (QED) is 0.666. The maximum absolute atomic E-state index is 5.83. The topological polar surface area (TPSA) is 17.8 Å². The second kappa shape index (κ2) is 3.50. The van der Waals surface area contributed by atoms with Gasteiger partial charge in [-0.1, -0.05) is 11.6 Å². The molecule has 0 bridgehead atoms. The monoisotopic (exact) mass is 189 g/mol. The predicted molar refractivity (Wildman–Crippen MR) is 48.2 cm³/mol. The van der Waals surface area contributed by atoms with Crippen LogP contribution in [0.25, 0.3) is 0 Å². The Hall–Kier alpha value is -0.150. The summed E-state index contributed by atoms with van der Waals surface area (Å²) >= 11 is 7.42. The molecular formula is C7H10ClN2S. The zero-order valence-corrected chi connectivity index (χ0v) is 8.33. The van der Waals surface area contributed by atoms with Gasteiger partial charge in [0.05, 0.1) is 0 Å². The van der Waals surface area contributed by atoms with E-state index in [0.717, 1.165) is 5.03 Å². The molecule has 0 aromatic carbocycles. The Morgan fingerprint density at radius 3 is 2.64 bits per heavy atom. The molecule has 4 heteroatoms. The van der Waals surface area contributed by atoms with Crippen LogP contribution >= 0.6 is 23.4 Å². The molecule has 0 spiro atoms. The Morgan fingerprint density at radius 1 is 1.64 bits per heavy atom. The Bertz CT molecular complexity index is 245. The minimum Gasteiger partial charge on any atom is -0.254 e. The minimum atomic E-state index is 0.348. The van der Waals surface area contributed by atoms with Crippen molar-refractivity contribution in [2.45, 2.75) is 24.9 Å². The van der Waals surface area contributed by atoms with Crippen molar-refractivity contribution in [2.24, 2.45) is 0 Å². The summed E-state index contributed by atoms with van der Waals surface area (Å²) < 4.78 is 1.87. The molecule has 0 fully saturated rings. The highest BCUT2D eigenvalue weighted by atomic mass is 35.5. The summed E-state index contributed by atoms with van der Waals surface area (Å²) in [5.41, 5.74) is 0. The van der Waals surface area contributed by atoms with Gasteiger partial charge < -0.3 is 0 Å². The summed E-state index contributed by atoms with van der Waals surface area (Å²) in [6.07, 6.45) is 4.71. The predicted octanol–water partition coefficient (Wildman–Crippen LogP) is 2.64. The van der Waals surface area contributed by atoms with Gasteiger partial charge in [0.2, 0.25) is 0 Å². The van der Waals surface area contributed by atoms with Crippen molar-refractivity contribution in [3.8, 4) is 0 Å². The highest BCUT2D eigenvalue weighted by molar-refractivity contribution is 7.98. The van der Waals surface area contributed by atoms with Crippen LogP contribution in [0.5, 0.6) is 0 Å². The van der Waals surface area contributed by atoms with Crippen LogP contribution in [0.3, 0.4) is 0 Å². The normalized spacial score (nSPS) is 11.0. The fraction of sp³-hybridized carbons (Fsp3) is 0.571. The van der Waals surface area contributed by atoms with Gasteiger partial charge in [-0.05, 0) is 20.1 Å². The van der Waals surface area contributed by atoms with E-state index in [1.165, 1.54) is 0 Å². The van der Waals surface area contributed by atoms with Gasteiger partial charge >= 0.3 is 0 Å². The maximum atomic E-state index is 5.83. The number of hydrogen-bond acceptors (Lipinski definition) is 2. The first-order chi connectivity index (χ1) is 5.16. The third kappa shape index (κ3) is 1.71. The molecule has 1 heterocycles. The highest BCUT2D eigenvalue weighted by Gasteiger charge is 2.09. The van der Waals surface area contributed by atoms with Gasteiger partial charge in [-0.2, -0.15) is 5.10 Å². The average molecular weight is 190 g/mol. The van der Waals surface area contributed by atoms with Crippen molar-refractivity contribution in [1.82, 2.24) is 9.78 Å². The van der Waals surface area contributed by atoms with E-state index >= 15 is 0 Å².